The van der Waals surface area contributed by atoms with Crippen molar-refractivity contribution in [1.29, 1.82) is 0 Å². The Bertz CT molecular complexity index is 658. The van der Waals surface area contributed by atoms with E-state index in [1.807, 2.05) is 12.5 Å². The van der Waals surface area contributed by atoms with E-state index in [2.05, 4.69) is 57.2 Å². The minimum absolute atomic E-state index is 0.538. The average molecular weight is 250 g/mol. The molecular weight excluding hydrogens is 232 g/mol. The lowest BCUT2D eigenvalue weighted by Crippen LogP contribution is -1.89. The van der Waals surface area contributed by atoms with Crippen LogP contribution in [-0.2, 0) is 0 Å². The fraction of sp³-hybridized carbons (Fsp3) is 0.222. The molecule has 0 spiro atoms. The zero-order valence-electron chi connectivity index (χ0n) is 11.6. The third-order valence-corrected chi connectivity index (χ3v) is 3.76. The first-order valence-corrected chi connectivity index (χ1v) is 6.72. The van der Waals surface area contributed by atoms with Crippen molar-refractivity contribution in [3.8, 4) is 0 Å². The van der Waals surface area contributed by atoms with Gasteiger partial charge in [0.25, 0.3) is 0 Å². The van der Waals surface area contributed by atoms with E-state index in [-0.39, 0.29) is 0 Å². The van der Waals surface area contributed by atoms with E-state index < -0.39 is 0 Å². The summed E-state index contributed by atoms with van der Waals surface area (Å²) in [6.07, 6.45) is 16.8. The summed E-state index contributed by atoms with van der Waals surface area (Å²) in [5, 5.41) is 0. The first-order valence-electron chi connectivity index (χ1n) is 6.72. The lowest BCUT2D eigenvalue weighted by atomic mass is 9.96. The van der Waals surface area contributed by atoms with Crippen LogP contribution in [0.1, 0.15) is 31.9 Å². The normalized spacial score (nSPS) is 17.7. The summed E-state index contributed by atoms with van der Waals surface area (Å²) in [5.74, 6) is 0.538. The first kappa shape index (κ1) is 12.0. The van der Waals surface area contributed by atoms with Crippen LogP contribution in [0.4, 0.5) is 0 Å². The SMILES string of the molecule is CC1=C2C=CC(C(C)C)=CC=C2c2cocc2C=C1. The highest BCUT2D eigenvalue weighted by atomic mass is 16.3. The average Bonchev–Trinajstić information content (AvgIpc) is 2.66. The Morgan fingerprint density at radius 1 is 0.947 bits per heavy atom. The van der Waals surface area contributed by atoms with Gasteiger partial charge in [0.05, 0.1) is 12.5 Å². The van der Waals surface area contributed by atoms with Crippen molar-refractivity contribution < 1.29 is 4.42 Å². The number of hydrogen-bond acceptors (Lipinski definition) is 1. The summed E-state index contributed by atoms with van der Waals surface area (Å²) in [5.41, 5.74) is 7.50. The molecule has 0 N–H and O–H groups in total. The fourth-order valence-electron chi connectivity index (χ4n) is 2.52. The van der Waals surface area contributed by atoms with Gasteiger partial charge in [-0.3, -0.25) is 0 Å². The summed E-state index contributed by atoms with van der Waals surface area (Å²) in [6.45, 7) is 6.61. The molecule has 2 aliphatic carbocycles. The predicted octanol–water partition coefficient (Wildman–Crippen LogP) is 5.16. The maximum absolute atomic E-state index is 5.36. The van der Waals surface area contributed by atoms with Crippen LogP contribution in [0, 0.1) is 5.92 Å². The molecule has 1 aromatic heterocycles. The number of rotatable bonds is 1. The lowest BCUT2D eigenvalue weighted by Gasteiger charge is -2.07. The molecule has 3 rings (SSSR count). The highest BCUT2D eigenvalue weighted by Gasteiger charge is 2.17. The van der Waals surface area contributed by atoms with Gasteiger partial charge in [0.15, 0.2) is 0 Å². The highest BCUT2D eigenvalue weighted by molar-refractivity contribution is 5.90. The molecule has 0 radical (unpaired) electrons. The molecule has 0 saturated heterocycles. The van der Waals surface area contributed by atoms with Crippen LogP contribution in [0.25, 0.3) is 11.6 Å². The summed E-state index contributed by atoms with van der Waals surface area (Å²) in [4.78, 5) is 0. The van der Waals surface area contributed by atoms with Gasteiger partial charge in [-0.2, -0.15) is 0 Å². The molecule has 1 heteroatoms. The number of hydrogen-bond donors (Lipinski definition) is 0. The monoisotopic (exact) mass is 250 g/mol. The van der Waals surface area contributed by atoms with Gasteiger partial charge in [-0.15, -0.1) is 0 Å². The Kier molecular flexibility index (Phi) is 2.90. The Labute approximate surface area is 114 Å². The minimum Gasteiger partial charge on any atom is -0.471 e. The minimum atomic E-state index is 0.538. The van der Waals surface area contributed by atoms with Crippen molar-refractivity contribution in [3.05, 3.63) is 70.8 Å². The van der Waals surface area contributed by atoms with Crippen molar-refractivity contribution in [3.63, 3.8) is 0 Å². The molecule has 96 valence electrons. The topological polar surface area (TPSA) is 13.1 Å². The second-order valence-electron chi connectivity index (χ2n) is 5.41. The van der Waals surface area contributed by atoms with Crippen molar-refractivity contribution in [2.75, 3.05) is 0 Å². The summed E-state index contributed by atoms with van der Waals surface area (Å²) in [6, 6.07) is 0. The van der Waals surface area contributed by atoms with Gasteiger partial charge >= 0.3 is 0 Å². The van der Waals surface area contributed by atoms with Crippen LogP contribution < -0.4 is 0 Å². The van der Waals surface area contributed by atoms with Gasteiger partial charge in [0, 0.05) is 11.1 Å². The van der Waals surface area contributed by atoms with E-state index in [1.54, 1.807) is 0 Å². The van der Waals surface area contributed by atoms with Crippen molar-refractivity contribution >= 4 is 11.6 Å². The van der Waals surface area contributed by atoms with Crippen molar-refractivity contribution in [1.82, 2.24) is 0 Å². The second-order valence-corrected chi connectivity index (χ2v) is 5.41. The predicted molar refractivity (Wildman–Crippen MR) is 80.5 cm³/mol. The summed E-state index contributed by atoms with van der Waals surface area (Å²) >= 11 is 0. The molecule has 0 saturated carbocycles. The third kappa shape index (κ3) is 2.06. The summed E-state index contributed by atoms with van der Waals surface area (Å²) < 4.78 is 5.36. The molecule has 0 aliphatic heterocycles. The first-order chi connectivity index (χ1) is 9.16. The molecule has 0 unspecified atom stereocenters. The zero-order chi connectivity index (χ0) is 13.4. The molecule has 1 nitrogen and oxygen atoms in total. The van der Waals surface area contributed by atoms with Crippen LogP contribution in [0.3, 0.4) is 0 Å². The van der Waals surface area contributed by atoms with E-state index in [9.17, 15) is 0 Å². The Morgan fingerprint density at radius 3 is 2.58 bits per heavy atom. The van der Waals surface area contributed by atoms with Crippen LogP contribution in [0.5, 0.6) is 0 Å². The molecule has 0 fully saturated rings. The number of fused-ring (bicyclic) bond motifs is 3. The van der Waals surface area contributed by atoms with Crippen LogP contribution >= 0.6 is 0 Å². The quantitative estimate of drug-likeness (QED) is 0.671. The Hall–Kier alpha value is -2.02. The van der Waals surface area contributed by atoms with E-state index in [1.165, 1.54) is 27.9 Å². The summed E-state index contributed by atoms with van der Waals surface area (Å²) in [7, 11) is 0. The van der Waals surface area contributed by atoms with Gasteiger partial charge in [-0.1, -0.05) is 50.3 Å². The van der Waals surface area contributed by atoms with E-state index in [0.29, 0.717) is 5.92 Å². The van der Waals surface area contributed by atoms with Gasteiger partial charge in [0.1, 0.15) is 0 Å². The fourth-order valence-corrected chi connectivity index (χ4v) is 2.52. The molecular formula is C18H18O. The standard InChI is InChI=1S/C18H18O/c1-12(2)14-6-8-16-13(3)4-5-15-10-19-11-18(15)17(16)9-7-14/h4-12H,1-3H3. The van der Waals surface area contributed by atoms with Crippen LogP contribution in [0.2, 0.25) is 0 Å². The molecule has 19 heavy (non-hydrogen) atoms. The highest BCUT2D eigenvalue weighted by Crippen LogP contribution is 2.36. The lowest BCUT2D eigenvalue weighted by molar-refractivity contribution is 0.566. The molecule has 1 heterocycles. The van der Waals surface area contributed by atoms with Crippen LogP contribution in [0.15, 0.2) is 64.0 Å². The molecule has 0 atom stereocenters. The number of furan rings is 1. The zero-order valence-corrected chi connectivity index (χ0v) is 11.6. The largest absolute Gasteiger partial charge is 0.471 e. The molecule has 1 aromatic rings. The van der Waals surface area contributed by atoms with Gasteiger partial charge in [-0.25, -0.2) is 0 Å². The Morgan fingerprint density at radius 2 is 1.79 bits per heavy atom. The smallest absolute Gasteiger partial charge is 0.0987 e. The van der Waals surface area contributed by atoms with E-state index >= 15 is 0 Å². The molecule has 0 aromatic carbocycles. The van der Waals surface area contributed by atoms with Gasteiger partial charge in [0.2, 0.25) is 0 Å². The molecule has 0 amide bonds. The van der Waals surface area contributed by atoms with Crippen LogP contribution in [-0.4, -0.2) is 0 Å². The van der Waals surface area contributed by atoms with Gasteiger partial charge in [-0.05, 0) is 35.1 Å². The van der Waals surface area contributed by atoms with E-state index in [4.69, 9.17) is 4.42 Å². The van der Waals surface area contributed by atoms with Gasteiger partial charge < -0.3 is 4.42 Å². The number of allylic oxidation sites excluding steroid dienone is 9. The van der Waals surface area contributed by atoms with Crippen molar-refractivity contribution in [2.45, 2.75) is 20.8 Å². The second kappa shape index (κ2) is 4.58. The molecule has 0 bridgehead atoms. The van der Waals surface area contributed by atoms with Crippen molar-refractivity contribution in [2.24, 2.45) is 5.92 Å². The Balaban J connectivity index is 2.21. The third-order valence-electron chi connectivity index (χ3n) is 3.76. The van der Waals surface area contributed by atoms with E-state index in [0.717, 1.165) is 5.56 Å². The molecule has 2 aliphatic rings. The maximum atomic E-state index is 5.36. The maximum Gasteiger partial charge on any atom is 0.0987 e.